The summed E-state index contributed by atoms with van der Waals surface area (Å²) >= 11 is 11.8. The standard InChI is InChI=1S/C20H11Cl2N5O4/c21-14-3-1-10(5-15(14)22)9-31-17-4-2-11(6-16(17)27(29)30)18-12(7-23)19(25)26-20(28)13(18)8-24/h1-6H,9H2,(H3,25,26,28). The molecule has 0 unspecified atom stereocenters. The number of nitro benzene ring substituents is 1. The summed E-state index contributed by atoms with van der Waals surface area (Å²) in [6, 6.07) is 12.1. The second-order valence-electron chi connectivity index (χ2n) is 6.19. The Morgan fingerprint density at radius 2 is 1.81 bits per heavy atom. The van der Waals surface area contributed by atoms with Crippen molar-refractivity contribution in [1.82, 2.24) is 4.98 Å². The number of nitriles is 2. The largest absolute Gasteiger partial charge is 0.482 e. The highest BCUT2D eigenvalue weighted by Crippen LogP contribution is 2.36. The van der Waals surface area contributed by atoms with E-state index in [2.05, 4.69) is 4.98 Å². The van der Waals surface area contributed by atoms with Crippen molar-refractivity contribution < 1.29 is 9.66 Å². The van der Waals surface area contributed by atoms with Crippen LogP contribution in [-0.2, 0) is 6.61 Å². The van der Waals surface area contributed by atoms with Crippen molar-refractivity contribution in [2.75, 3.05) is 5.73 Å². The molecule has 11 heteroatoms. The Labute approximate surface area is 185 Å². The van der Waals surface area contributed by atoms with Crippen LogP contribution in [0.1, 0.15) is 16.7 Å². The zero-order valence-electron chi connectivity index (χ0n) is 15.5. The maximum atomic E-state index is 12.1. The number of aromatic amines is 1. The van der Waals surface area contributed by atoms with Gasteiger partial charge in [-0.25, -0.2) is 0 Å². The topological polar surface area (TPSA) is 159 Å². The third-order valence-electron chi connectivity index (χ3n) is 4.29. The van der Waals surface area contributed by atoms with E-state index in [9.17, 15) is 25.4 Å². The van der Waals surface area contributed by atoms with Gasteiger partial charge in [-0.05, 0) is 29.3 Å². The molecule has 3 aromatic rings. The molecular weight excluding hydrogens is 445 g/mol. The number of halogens is 2. The van der Waals surface area contributed by atoms with Crippen LogP contribution in [0.4, 0.5) is 11.5 Å². The monoisotopic (exact) mass is 455 g/mol. The number of benzene rings is 2. The van der Waals surface area contributed by atoms with Crippen molar-refractivity contribution in [2.45, 2.75) is 6.61 Å². The lowest BCUT2D eigenvalue weighted by molar-refractivity contribution is -0.385. The molecule has 9 nitrogen and oxygen atoms in total. The van der Waals surface area contributed by atoms with Crippen molar-refractivity contribution >= 4 is 34.7 Å². The molecule has 0 spiro atoms. The van der Waals surface area contributed by atoms with Gasteiger partial charge in [0.25, 0.3) is 5.56 Å². The number of hydrogen-bond donors (Lipinski definition) is 2. The molecule has 154 valence electrons. The minimum atomic E-state index is -0.809. The number of pyridine rings is 1. The van der Waals surface area contributed by atoms with Crippen molar-refractivity contribution in [3.05, 3.63) is 83.6 Å². The molecule has 0 saturated heterocycles. The molecule has 0 bridgehead atoms. The van der Waals surface area contributed by atoms with E-state index < -0.39 is 16.2 Å². The van der Waals surface area contributed by atoms with Gasteiger partial charge >= 0.3 is 5.69 Å². The van der Waals surface area contributed by atoms with E-state index in [1.807, 2.05) is 6.07 Å². The first-order valence-electron chi connectivity index (χ1n) is 8.48. The van der Waals surface area contributed by atoms with E-state index >= 15 is 0 Å². The van der Waals surface area contributed by atoms with Gasteiger partial charge in [-0.3, -0.25) is 14.9 Å². The van der Waals surface area contributed by atoms with Crippen LogP contribution in [0.3, 0.4) is 0 Å². The van der Waals surface area contributed by atoms with E-state index in [1.54, 1.807) is 24.3 Å². The van der Waals surface area contributed by atoms with Gasteiger partial charge in [0.05, 0.1) is 15.0 Å². The second-order valence-corrected chi connectivity index (χ2v) is 7.01. The van der Waals surface area contributed by atoms with Crippen LogP contribution in [0.2, 0.25) is 10.0 Å². The second kappa shape index (κ2) is 8.76. The SMILES string of the molecule is N#Cc1c(N)[nH]c(=O)c(C#N)c1-c1ccc(OCc2ccc(Cl)c(Cl)c2)c([N+](=O)[O-])c1. The van der Waals surface area contributed by atoms with Gasteiger partial charge in [0.15, 0.2) is 5.75 Å². The maximum Gasteiger partial charge on any atom is 0.311 e. The number of nitrogens with one attached hydrogen (secondary N) is 1. The lowest BCUT2D eigenvalue weighted by Crippen LogP contribution is -2.16. The molecule has 1 heterocycles. The van der Waals surface area contributed by atoms with Crippen LogP contribution in [-0.4, -0.2) is 9.91 Å². The fraction of sp³-hybridized carbons (Fsp3) is 0.0500. The molecule has 0 aliphatic rings. The van der Waals surface area contributed by atoms with Crippen LogP contribution in [0.25, 0.3) is 11.1 Å². The zero-order valence-corrected chi connectivity index (χ0v) is 17.0. The lowest BCUT2D eigenvalue weighted by Gasteiger charge is -2.11. The van der Waals surface area contributed by atoms with E-state index in [0.717, 1.165) is 6.07 Å². The summed E-state index contributed by atoms with van der Waals surface area (Å²) in [5.41, 5.74) is 4.54. The Balaban J connectivity index is 2.07. The summed E-state index contributed by atoms with van der Waals surface area (Å²) in [7, 11) is 0. The number of ether oxygens (including phenoxy) is 1. The van der Waals surface area contributed by atoms with Crippen LogP contribution in [0.5, 0.6) is 5.75 Å². The number of nitrogens with zero attached hydrogens (tertiary/aromatic N) is 3. The summed E-state index contributed by atoms with van der Waals surface area (Å²) in [6.07, 6.45) is 0. The fourth-order valence-corrected chi connectivity index (χ4v) is 3.18. The Bertz CT molecular complexity index is 1360. The van der Waals surface area contributed by atoms with E-state index in [4.69, 9.17) is 33.7 Å². The quantitative estimate of drug-likeness (QED) is 0.431. The first-order valence-corrected chi connectivity index (χ1v) is 9.24. The number of anilines is 1. The highest BCUT2D eigenvalue weighted by Gasteiger charge is 2.23. The molecule has 0 saturated carbocycles. The van der Waals surface area contributed by atoms with Crippen molar-refractivity contribution in [3.8, 4) is 29.0 Å². The van der Waals surface area contributed by atoms with Gasteiger partial charge in [-0.2, -0.15) is 10.5 Å². The summed E-state index contributed by atoms with van der Waals surface area (Å²) < 4.78 is 5.56. The Morgan fingerprint density at radius 1 is 1.10 bits per heavy atom. The number of rotatable bonds is 5. The Kier molecular flexibility index (Phi) is 6.12. The van der Waals surface area contributed by atoms with E-state index in [-0.39, 0.29) is 40.4 Å². The number of nitro groups is 1. The molecule has 0 aliphatic carbocycles. The summed E-state index contributed by atoms with van der Waals surface area (Å²) in [5, 5.41) is 31.1. The van der Waals surface area contributed by atoms with Gasteiger partial charge in [0, 0.05) is 11.6 Å². The molecule has 0 aliphatic heterocycles. The van der Waals surface area contributed by atoms with E-state index in [1.165, 1.54) is 12.1 Å². The fourth-order valence-electron chi connectivity index (χ4n) is 2.86. The van der Waals surface area contributed by atoms with Gasteiger partial charge in [0.2, 0.25) is 0 Å². The maximum absolute atomic E-state index is 12.1. The first-order chi connectivity index (χ1) is 14.8. The van der Waals surface area contributed by atoms with Crippen LogP contribution in [0, 0.1) is 32.8 Å². The molecule has 0 amide bonds. The van der Waals surface area contributed by atoms with Gasteiger partial charge < -0.3 is 15.5 Å². The third kappa shape index (κ3) is 4.28. The van der Waals surface area contributed by atoms with Gasteiger partial charge in [-0.1, -0.05) is 35.3 Å². The molecular formula is C20H11Cl2N5O4. The summed E-state index contributed by atoms with van der Waals surface area (Å²) in [4.78, 5) is 25.2. The Hall–Kier alpha value is -4.05. The van der Waals surface area contributed by atoms with Crippen LogP contribution >= 0.6 is 23.2 Å². The number of nitrogen functional groups attached to an aromatic ring is 1. The normalized spacial score (nSPS) is 10.2. The van der Waals surface area contributed by atoms with Crippen molar-refractivity contribution in [2.24, 2.45) is 0 Å². The molecule has 3 N–H and O–H groups in total. The van der Waals surface area contributed by atoms with Crippen LogP contribution in [0.15, 0.2) is 41.2 Å². The minimum Gasteiger partial charge on any atom is -0.482 e. The van der Waals surface area contributed by atoms with Gasteiger partial charge in [0.1, 0.15) is 35.7 Å². The number of nitrogens with two attached hydrogens (primary N) is 1. The Morgan fingerprint density at radius 3 is 2.42 bits per heavy atom. The number of aromatic nitrogens is 1. The van der Waals surface area contributed by atoms with E-state index in [0.29, 0.717) is 15.6 Å². The molecule has 31 heavy (non-hydrogen) atoms. The molecule has 2 aromatic carbocycles. The van der Waals surface area contributed by atoms with Gasteiger partial charge in [-0.15, -0.1) is 0 Å². The average molecular weight is 456 g/mol. The number of H-pyrrole nitrogens is 1. The number of hydrogen-bond acceptors (Lipinski definition) is 7. The molecule has 0 radical (unpaired) electrons. The average Bonchev–Trinajstić information content (AvgIpc) is 2.74. The molecule has 3 rings (SSSR count). The predicted octanol–water partition coefficient (Wildman–Crippen LogP) is 4.16. The third-order valence-corrected chi connectivity index (χ3v) is 5.03. The predicted molar refractivity (Wildman–Crippen MR) is 114 cm³/mol. The summed E-state index contributed by atoms with van der Waals surface area (Å²) in [6.45, 7) is -0.0259. The molecule has 1 aromatic heterocycles. The highest BCUT2D eigenvalue weighted by molar-refractivity contribution is 6.42. The molecule has 0 atom stereocenters. The van der Waals surface area contributed by atoms with Crippen molar-refractivity contribution in [3.63, 3.8) is 0 Å². The minimum absolute atomic E-state index is 0.0259. The smallest absolute Gasteiger partial charge is 0.311 e. The van der Waals surface area contributed by atoms with Crippen molar-refractivity contribution in [1.29, 1.82) is 10.5 Å². The molecule has 0 fully saturated rings. The summed E-state index contributed by atoms with van der Waals surface area (Å²) in [5.74, 6) is -0.307. The highest BCUT2D eigenvalue weighted by atomic mass is 35.5. The van der Waals surface area contributed by atoms with Crippen LogP contribution < -0.4 is 16.0 Å². The zero-order chi connectivity index (χ0) is 22.7. The first kappa shape index (κ1) is 21.7. The lowest BCUT2D eigenvalue weighted by atomic mass is 9.96.